The Kier molecular flexibility index (Phi) is 6.16. The van der Waals surface area contributed by atoms with Gasteiger partial charge in [0.15, 0.2) is 0 Å². The van der Waals surface area contributed by atoms with Gasteiger partial charge in [0.2, 0.25) is 0 Å². The number of likely N-dealkylation sites (tertiary alicyclic amines) is 1. The van der Waals surface area contributed by atoms with Crippen LogP contribution in [0.5, 0.6) is 0 Å². The van der Waals surface area contributed by atoms with Crippen molar-refractivity contribution in [2.75, 3.05) is 51.0 Å². The van der Waals surface area contributed by atoms with Gasteiger partial charge in [-0.3, -0.25) is 0 Å². The van der Waals surface area contributed by atoms with E-state index < -0.39 is 0 Å². The molecule has 2 aliphatic rings. The van der Waals surface area contributed by atoms with E-state index in [4.69, 9.17) is 0 Å². The van der Waals surface area contributed by atoms with Crippen LogP contribution in [0.1, 0.15) is 12.8 Å². The maximum atomic E-state index is 11.8. The predicted molar refractivity (Wildman–Crippen MR) is 85.3 cm³/mol. The molecule has 2 amide bonds. The Hall–Kier alpha value is -0.0700. The number of piperidine rings is 1. The normalized spacial score (nSPS) is 25.4. The van der Waals surface area contributed by atoms with Crippen molar-refractivity contribution in [3.8, 4) is 0 Å². The third-order valence-corrected chi connectivity index (χ3v) is 6.51. The van der Waals surface area contributed by atoms with E-state index in [0.29, 0.717) is 6.04 Å². The highest BCUT2D eigenvalue weighted by molar-refractivity contribution is 8.06. The number of carbonyl (C=O) groups is 1. The first kappa shape index (κ1) is 15.3. The SMILES string of the molecule is CN(C)C(=O)N1CCC(NCC2CSCCS2)CC1. The molecule has 2 saturated heterocycles. The third kappa shape index (κ3) is 4.76. The highest BCUT2D eigenvalue weighted by atomic mass is 32.2. The van der Waals surface area contributed by atoms with Gasteiger partial charge in [0, 0.05) is 62.3 Å². The zero-order valence-electron chi connectivity index (χ0n) is 11.9. The Morgan fingerprint density at radius 2 is 2.05 bits per heavy atom. The Balaban J connectivity index is 1.64. The second-order valence-corrected chi connectivity index (χ2v) is 7.97. The molecule has 110 valence electrons. The molecule has 1 N–H and O–H groups in total. The molecule has 0 radical (unpaired) electrons. The molecule has 1 atom stereocenters. The molecule has 0 saturated carbocycles. The van der Waals surface area contributed by atoms with Crippen molar-refractivity contribution in [1.82, 2.24) is 15.1 Å². The van der Waals surface area contributed by atoms with Crippen molar-refractivity contribution < 1.29 is 4.79 Å². The molecular weight excluding hydrogens is 278 g/mol. The zero-order valence-corrected chi connectivity index (χ0v) is 13.6. The van der Waals surface area contributed by atoms with Crippen molar-refractivity contribution in [3.63, 3.8) is 0 Å². The smallest absolute Gasteiger partial charge is 0.319 e. The number of hydrogen-bond donors (Lipinski definition) is 1. The van der Waals surface area contributed by atoms with E-state index in [1.807, 2.05) is 19.0 Å². The monoisotopic (exact) mass is 303 g/mol. The zero-order chi connectivity index (χ0) is 13.7. The number of nitrogens with one attached hydrogen (secondary N) is 1. The number of urea groups is 1. The largest absolute Gasteiger partial charge is 0.331 e. The van der Waals surface area contributed by atoms with Crippen LogP contribution in [0.4, 0.5) is 4.79 Å². The topological polar surface area (TPSA) is 35.6 Å². The van der Waals surface area contributed by atoms with Gasteiger partial charge in [0.25, 0.3) is 0 Å². The lowest BCUT2D eigenvalue weighted by atomic mass is 10.1. The summed E-state index contributed by atoms with van der Waals surface area (Å²) in [4.78, 5) is 15.5. The minimum Gasteiger partial charge on any atom is -0.331 e. The number of nitrogens with zero attached hydrogens (tertiary/aromatic N) is 2. The lowest BCUT2D eigenvalue weighted by Gasteiger charge is -2.34. The molecule has 19 heavy (non-hydrogen) atoms. The molecule has 2 aliphatic heterocycles. The lowest BCUT2D eigenvalue weighted by Crippen LogP contribution is -2.49. The average molecular weight is 303 g/mol. The lowest BCUT2D eigenvalue weighted by molar-refractivity contribution is 0.152. The minimum atomic E-state index is 0.151. The van der Waals surface area contributed by atoms with Crippen molar-refractivity contribution in [3.05, 3.63) is 0 Å². The molecular formula is C13H25N3OS2. The van der Waals surface area contributed by atoms with Gasteiger partial charge in [-0.2, -0.15) is 23.5 Å². The molecule has 0 spiro atoms. The number of thioether (sulfide) groups is 2. The van der Waals surface area contributed by atoms with Crippen LogP contribution >= 0.6 is 23.5 Å². The fraction of sp³-hybridized carbons (Fsp3) is 0.923. The average Bonchev–Trinajstić information content (AvgIpc) is 2.46. The Morgan fingerprint density at radius 3 is 2.63 bits per heavy atom. The summed E-state index contributed by atoms with van der Waals surface area (Å²) >= 11 is 4.18. The second kappa shape index (κ2) is 7.64. The Bertz CT molecular complexity index is 288. The van der Waals surface area contributed by atoms with Gasteiger partial charge in [0.1, 0.15) is 0 Å². The number of amides is 2. The highest BCUT2D eigenvalue weighted by Crippen LogP contribution is 2.23. The summed E-state index contributed by atoms with van der Waals surface area (Å²) in [5.41, 5.74) is 0. The molecule has 0 aromatic rings. The predicted octanol–water partition coefficient (Wildman–Crippen LogP) is 1.57. The van der Waals surface area contributed by atoms with E-state index in [1.165, 1.54) is 17.3 Å². The van der Waals surface area contributed by atoms with Gasteiger partial charge in [-0.05, 0) is 12.8 Å². The summed E-state index contributed by atoms with van der Waals surface area (Å²) in [5.74, 6) is 3.90. The first-order valence-electron chi connectivity index (χ1n) is 7.06. The third-order valence-electron chi connectivity index (χ3n) is 3.67. The van der Waals surface area contributed by atoms with Gasteiger partial charge in [-0.1, -0.05) is 0 Å². The summed E-state index contributed by atoms with van der Waals surface area (Å²) in [5, 5.41) is 4.47. The molecule has 0 aromatic carbocycles. The molecule has 2 fully saturated rings. The van der Waals surface area contributed by atoms with Crippen LogP contribution in [0.25, 0.3) is 0 Å². The highest BCUT2D eigenvalue weighted by Gasteiger charge is 2.24. The van der Waals surface area contributed by atoms with E-state index >= 15 is 0 Å². The quantitative estimate of drug-likeness (QED) is 0.858. The standard InChI is InChI=1S/C13H25N3OS2/c1-15(2)13(17)16-5-3-11(4-6-16)14-9-12-10-18-7-8-19-12/h11-12,14H,3-10H2,1-2H3. The van der Waals surface area contributed by atoms with Crippen LogP contribution in [-0.4, -0.2) is 78.1 Å². The first-order chi connectivity index (χ1) is 9.16. The van der Waals surface area contributed by atoms with Crippen LogP contribution in [0, 0.1) is 0 Å². The summed E-state index contributed by atoms with van der Waals surface area (Å²) < 4.78 is 0. The second-order valence-electron chi connectivity index (χ2n) is 5.41. The van der Waals surface area contributed by atoms with E-state index in [-0.39, 0.29) is 6.03 Å². The molecule has 2 heterocycles. The van der Waals surface area contributed by atoms with Crippen LogP contribution < -0.4 is 5.32 Å². The van der Waals surface area contributed by atoms with E-state index in [0.717, 1.165) is 37.7 Å². The van der Waals surface area contributed by atoms with Gasteiger partial charge in [-0.15, -0.1) is 0 Å². The minimum absolute atomic E-state index is 0.151. The molecule has 0 aliphatic carbocycles. The summed E-state index contributed by atoms with van der Waals surface area (Å²) in [6.07, 6.45) is 2.17. The van der Waals surface area contributed by atoms with Crippen LogP contribution in [0.15, 0.2) is 0 Å². The van der Waals surface area contributed by atoms with Gasteiger partial charge >= 0.3 is 6.03 Å². The summed E-state index contributed by atoms with van der Waals surface area (Å²) in [6, 6.07) is 0.747. The first-order valence-corrected chi connectivity index (χ1v) is 9.26. The van der Waals surface area contributed by atoms with Gasteiger partial charge in [-0.25, -0.2) is 4.79 Å². The van der Waals surface area contributed by atoms with E-state index in [2.05, 4.69) is 28.8 Å². The maximum Gasteiger partial charge on any atom is 0.319 e. The Morgan fingerprint density at radius 1 is 1.32 bits per heavy atom. The Labute approximate surface area is 125 Å². The van der Waals surface area contributed by atoms with Gasteiger partial charge in [0.05, 0.1) is 0 Å². The molecule has 4 nitrogen and oxygen atoms in total. The van der Waals surface area contributed by atoms with Crippen molar-refractivity contribution in [2.45, 2.75) is 24.1 Å². The number of rotatable bonds is 3. The fourth-order valence-corrected chi connectivity index (χ4v) is 5.14. The van der Waals surface area contributed by atoms with Gasteiger partial charge < -0.3 is 15.1 Å². The van der Waals surface area contributed by atoms with E-state index in [1.54, 1.807) is 4.90 Å². The van der Waals surface area contributed by atoms with Crippen molar-refractivity contribution >= 4 is 29.6 Å². The van der Waals surface area contributed by atoms with Crippen LogP contribution in [0.2, 0.25) is 0 Å². The maximum absolute atomic E-state index is 11.8. The molecule has 0 bridgehead atoms. The molecule has 0 aromatic heterocycles. The number of carbonyl (C=O) groups excluding carboxylic acids is 1. The fourth-order valence-electron chi connectivity index (χ4n) is 2.51. The molecule has 1 unspecified atom stereocenters. The summed E-state index contributed by atoms with van der Waals surface area (Å²) in [7, 11) is 3.65. The van der Waals surface area contributed by atoms with Crippen LogP contribution in [-0.2, 0) is 0 Å². The number of hydrogen-bond acceptors (Lipinski definition) is 4. The summed E-state index contributed by atoms with van der Waals surface area (Å²) in [6.45, 7) is 2.91. The van der Waals surface area contributed by atoms with Crippen LogP contribution in [0.3, 0.4) is 0 Å². The van der Waals surface area contributed by atoms with Crippen molar-refractivity contribution in [1.29, 1.82) is 0 Å². The van der Waals surface area contributed by atoms with E-state index in [9.17, 15) is 4.79 Å². The molecule has 6 heteroatoms. The van der Waals surface area contributed by atoms with Crippen molar-refractivity contribution in [2.24, 2.45) is 0 Å². The molecule has 2 rings (SSSR count).